The standard InChI is InChI=1S/C19H21N3O4S/c23-17(12-21-19(25)18(24)20-11-15-7-4-10-27-15)22-8-9-26-16(13-22)14-5-2-1-3-6-14/h1-7,10,16H,8-9,11-13H2,(H,20,24)(H,21,25)/t16-/m1/s1. The zero-order valence-corrected chi connectivity index (χ0v) is 15.5. The minimum absolute atomic E-state index is 0.186. The van der Waals surface area contributed by atoms with E-state index in [9.17, 15) is 14.4 Å². The van der Waals surface area contributed by atoms with Gasteiger partial charge in [0.05, 0.1) is 26.2 Å². The zero-order valence-electron chi connectivity index (χ0n) is 14.7. The highest BCUT2D eigenvalue weighted by atomic mass is 32.1. The lowest BCUT2D eigenvalue weighted by atomic mass is 10.1. The van der Waals surface area contributed by atoms with Crippen LogP contribution in [-0.2, 0) is 25.7 Å². The van der Waals surface area contributed by atoms with Crippen LogP contribution < -0.4 is 10.6 Å². The fourth-order valence-corrected chi connectivity index (χ4v) is 3.40. The smallest absolute Gasteiger partial charge is 0.309 e. The second kappa shape index (κ2) is 9.29. The monoisotopic (exact) mass is 387 g/mol. The molecule has 3 rings (SSSR count). The van der Waals surface area contributed by atoms with E-state index < -0.39 is 11.8 Å². The summed E-state index contributed by atoms with van der Waals surface area (Å²) in [6, 6.07) is 13.4. The molecule has 8 heteroatoms. The molecule has 0 unspecified atom stereocenters. The maximum Gasteiger partial charge on any atom is 0.309 e. The summed E-state index contributed by atoms with van der Waals surface area (Å²) in [4.78, 5) is 38.6. The number of rotatable bonds is 5. The molecule has 2 heterocycles. The number of hydrogen-bond donors (Lipinski definition) is 2. The van der Waals surface area contributed by atoms with Crippen molar-refractivity contribution >= 4 is 29.1 Å². The molecule has 1 saturated heterocycles. The number of benzene rings is 1. The number of amides is 3. The van der Waals surface area contributed by atoms with E-state index in [2.05, 4.69) is 10.6 Å². The Kier molecular flexibility index (Phi) is 6.56. The third-order valence-electron chi connectivity index (χ3n) is 4.20. The van der Waals surface area contributed by atoms with Gasteiger partial charge in [0.1, 0.15) is 6.10 Å². The van der Waals surface area contributed by atoms with Gasteiger partial charge in [-0.3, -0.25) is 14.4 Å². The Morgan fingerprint density at radius 2 is 1.85 bits per heavy atom. The number of morpholine rings is 1. The van der Waals surface area contributed by atoms with Gasteiger partial charge in [-0.25, -0.2) is 0 Å². The SMILES string of the molecule is O=C(NCC(=O)N1CCO[C@@H](c2ccccc2)C1)C(=O)NCc1cccs1. The quantitative estimate of drug-likeness (QED) is 0.752. The summed E-state index contributed by atoms with van der Waals surface area (Å²) in [5, 5.41) is 6.81. The van der Waals surface area contributed by atoms with Crippen LogP contribution >= 0.6 is 11.3 Å². The van der Waals surface area contributed by atoms with Crippen LogP contribution in [0.3, 0.4) is 0 Å². The van der Waals surface area contributed by atoms with Crippen LogP contribution in [0.15, 0.2) is 47.8 Å². The van der Waals surface area contributed by atoms with E-state index in [1.807, 2.05) is 47.8 Å². The van der Waals surface area contributed by atoms with Gasteiger partial charge in [-0.05, 0) is 17.0 Å². The van der Waals surface area contributed by atoms with Crippen molar-refractivity contribution in [3.8, 4) is 0 Å². The molecule has 0 saturated carbocycles. The predicted octanol–water partition coefficient (Wildman–Crippen LogP) is 1.08. The molecule has 0 bridgehead atoms. The number of hydrogen-bond acceptors (Lipinski definition) is 5. The van der Waals surface area contributed by atoms with Crippen molar-refractivity contribution in [2.24, 2.45) is 0 Å². The van der Waals surface area contributed by atoms with E-state index in [4.69, 9.17) is 4.74 Å². The lowest BCUT2D eigenvalue weighted by molar-refractivity contribution is -0.142. The van der Waals surface area contributed by atoms with E-state index in [0.717, 1.165) is 10.4 Å². The van der Waals surface area contributed by atoms with Crippen molar-refractivity contribution in [1.29, 1.82) is 0 Å². The molecule has 1 aliphatic heterocycles. The first-order chi connectivity index (χ1) is 13.1. The van der Waals surface area contributed by atoms with E-state index in [1.165, 1.54) is 11.3 Å². The van der Waals surface area contributed by atoms with Gasteiger partial charge in [-0.2, -0.15) is 0 Å². The number of ether oxygens (including phenoxy) is 1. The van der Waals surface area contributed by atoms with Crippen molar-refractivity contribution in [1.82, 2.24) is 15.5 Å². The molecule has 1 fully saturated rings. The van der Waals surface area contributed by atoms with Gasteiger partial charge in [0.25, 0.3) is 0 Å². The third-order valence-corrected chi connectivity index (χ3v) is 5.08. The fourth-order valence-electron chi connectivity index (χ4n) is 2.75. The first-order valence-corrected chi connectivity index (χ1v) is 9.54. The van der Waals surface area contributed by atoms with Crippen molar-refractivity contribution in [2.75, 3.05) is 26.2 Å². The summed E-state index contributed by atoms with van der Waals surface area (Å²) < 4.78 is 5.73. The molecule has 1 aromatic carbocycles. The van der Waals surface area contributed by atoms with Gasteiger partial charge in [0, 0.05) is 11.4 Å². The zero-order chi connectivity index (χ0) is 19.1. The Bertz CT molecular complexity index is 780. The van der Waals surface area contributed by atoms with E-state index >= 15 is 0 Å². The number of nitrogens with one attached hydrogen (secondary N) is 2. The highest BCUT2D eigenvalue weighted by Crippen LogP contribution is 2.21. The average Bonchev–Trinajstić information content (AvgIpc) is 3.24. The maximum absolute atomic E-state index is 12.4. The van der Waals surface area contributed by atoms with Crippen LogP contribution in [-0.4, -0.2) is 48.9 Å². The molecule has 2 aromatic rings. The van der Waals surface area contributed by atoms with Crippen molar-refractivity contribution in [2.45, 2.75) is 12.6 Å². The van der Waals surface area contributed by atoms with Crippen LogP contribution in [0.25, 0.3) is 0 Å². The Hall–Kier alpha value is -2.71. The third kappa shape index (κ3) is 5.38. The minimum atomic E-state index is -0.812. The second-order valence-electron chi connectivity index (χ2n) is 6.05. The highest BCUT2D eigenvalue weighted by Gasteiger charge is 2.26. The van der Waals surface area contributed by atoms with Crippen molar-refractivity contribution in [3.63, 3.8) is 0 Å². The van der Waals surface area contributed by atoms with E-state index in [1.54, 1.807) is 4.90 Å². The molecule has 1 atom stereocenters. The minimum Gasteiger partial charge on any atom is -0.370 e. The van der Waals surface area contributed by atoms with Crippen molar-refractivity contribution < 1.29 is 19.1 Å². The highest BCUT2D eigenvalue weighted by molar-refractivity contribution is 7.09. The summed E-state index contributed by atoms with van der Waals surface area (Å²) in [5.41, 5.74) is 1.01. The molecule has 7 nitrogen and oxygen atoms in total. The largest absolute Gasteiger partial charge is 0.370 e. The molecule has 27 heavy (non-hydrogen) atoms. The second-order valence-corrected chi connectivity index (χ2v) is 7.09. The summed E-state index contributed by atoms with van der Waals surface area (Å²) in [5.74, 6) is -1.80. The average molecular weight is 387 g/mol. The van der Waals surface area contributed by atoms with E-state index in [-0.39, 0.29) is 18.6 Å². The van der Waals surface area contributed by atoms with Gasteiger partial charge in [0.15, 0.2) is 0 Å². The van der Waals surface area contributed by atoms with Crippen LogP contribution in [0, 0.1) is 0 Å². The van der Waals surface area contributed by atoms with Crippen LogP contribution in [0.1, 0.15) is 16.5 Å². The summed E-state index contributed by atoms with van der Waals surface area (Å²) in [6.45, 7) is 1.39. The molecule has 142 valence electrons. The molecule has 3 amide bonds. The molecule has 1 aliphatic rings. The van der Waals surface area contributed by atoms with Gasteiger partial charge in [0.2, 0.25) is 5.91 Å². The number of thiophene rings is 1. The number of carbonyl (C=O) groups is 3. The molecular weight excluding hydrogens is 366 g/mol. The number of carbonyl (C=O) groups excluding carboxylic acids is 3. The van der Waals surface area contributed by atoms with Gasteiger partial charge < -0.3 is 20.3 Å². The van der Waals surface area contributed by atoms with Crippen molar-refractivity contribution in [3.05, 3.63) is 58.3 Å². The van der Waals surface area contributed by atoms with Crippen LogP contribution in [0.5, 0.6) is 0 Å². The molecular formula is C19H21N3O4S. The molecule has 1 aromatic heterocycles. The summed E-state index contributed by atoms with van der Waals surface area (Å²) in [7, 11) is 0. The fraction of sp³-hybridized carbons (Fsp3) is 0.316. The van der Waals surface area contributed by atoms with Gasteiger partial charge in [-0.1, -0.05) is 36.4 Å². The van der Waals surface area contributed by atoms with Gasteiger partial charge >= 0.3 is 11.8 Å². The summed E-state index contributed by atoms with van der Waals surface area (Å²) in [6.07, 6.45) is -0.186. The lowest BCUT2D eigenvalue weighted by Gasteiger charge is -2.33. The Morgan fingerprint density at radius 3 is 2.59 bits per heavy atom. The lowest BCUT2D eigenvalue weighted by Crippen LogP contribution is -2.48. The Balaban J connectivity index is 1.44. The molecule has 0 radical (unpaired) electrons. The molecule has 2 N–H and O–H groups in total. The first kappa shape index (κ1) is 19.1. The number of nitrogens with zero attached hydrogens (tertiary/aromatic N) is 1. The first-order valence-electron chi connectivity index (χ1n) is 8.66. The Morgan fingerprint density at radius 1 is 1.07 bits per heavy atom. The van der Waals surface area contributed by atoms with Crippen LogP contribution in [0.2, 0.25) is 0 Å². The molecule has 0 aliphatic carbocycles. The molecule has 0 spiro atoms. The van der Waals surface area contributed by atoms with Gasteiger partial charge in [-0.15, -0.1) is 11.3 Å². The van der Waals surface area contributed by atoms with E-state index in [0.29, 0.717) is 26.2 Å². The van der Waals surface area contributed by atoms with Crippen LogP contribution in [0.4, 0.5) is 0 Å². The maximum atomic E-state index is 12.4. The Labute approximate surface area is 161 Å². The normalized spacial score (nSPS) is 16.6. The predicted molar refractivity (Wildman–Crippen MR) is 101 cm³/mol. The summed E-state index contributed by atoms with van der Waals surface area (Å²) >= 11 is 1.49. The topological polar surface area (TPSA) is 87.7 Å².